The number of pyridine rings is 1. The van der Waals surface area contributed by atoms with Gasteiger partial charge in [-0.3, -0.25) is 4.98 Å². The summed E-state index contributed by atoms with van der Waals surface area (Å²) < 4.78 is 0. The minimum atomic E-state index is -0.108. The van der Waals surface area contributed by atoms with Crippen LogP contribution >= 0.6 is 11.6 Å². The number of benzene rings is 2. The molecule has 1 unspecified atom stereocenters. The van der Waals surface area contributed by atoms with Crippen molar-refractivity contribution < 1.29 is 0 Å². The standard InChI is InChI=1S/C24H27ClN2/c1-24(2,16-17-10-4-3-5-11-17)23-21(20-14-8-9-15-26-20)22(25)18-12-6-7-13-19(18)27-23/h3-7,10-13,20,26H,8-9,14-16H2,1-2H3. The summed E-state index contributed by atoms with van der Waals surface area (Å²) in [7, 11) is 0. The van der Waals surface area contributed by atoms with E-state index in [9.17, 15) is 0 Å². The predicted molar refractivity (Wildman–Crippen MR) is 115 cm³/mol. The van der Waals surface area contributed by atoms with Crippen LogP contribution in [0.5, 0.6) is 0 Å². The summed E-state index contributed by atoms with van der Waals surface area (Å²) in [5.41, 5.74) is 4.54. The van der Waals surface area contributed by atoms with Crippen LogP contribution < -0.4 is 5.32 Å². The maximum Gasteiger partial charge on any atom is 0.0720 e. The van der Waals surface area contributed by atoms with E-state index in [4.69, 9.17) is 16.6 Å². The molecule has 1 saturated heterocycles. The molecule has 1 aromatic heterocycles. The Bertz CT molecular complexity index is 928. The van der Waals surface area contributed by atoms with Crippen LogP contribution in [0.15, 0.2) is 54.6 Å². The van der Waals surface area contributed by atoms with Crippen molar-refractivity contribution in [3.63, 3.8) is 0 Å². The molecule has 4 rings (SSSR count). The van der Waals surface area contributed by atoms with Gasteiger partial charge in [-0.15, -0.1) is 0 Å². The number of nitrogens with one attached hydrogen (secondary N) is 1. The Labute approximate surface area is 167 Å². The molecule has 1 N–H and O–H groups in total. The predicted octanol–water partition coefficient (Wildman–Crippen LogP) is 6.22. The zero-order valence-electron chi connectivity index (χ0n) is 16.1. The summed E-state index contributed by atoms with van der Waals surface area (Å²) in [5, 5.41) is 5.62. The summed E-state index contributed by atoms with van der Waals surface area (Å²) in [4.78, 5) is 5.15. The molecule has 1 atom stereocenters. The third-order valence-electron chi connectivity index (χ3n) is 5.65. The van der Waals surface area contributed by atoms with Crippen LogP contribution in [0.4, 0.5) is 0 Å². The molecular formula is C24H27ClN2. The van der Waals surface area contributed by atoms with Gasteiger partial charge in [0.25, 0.3) is 0 Å². The Balaban J connectivity index is 1.86. The maximum atomic E-state index is 7.01. The van der Waals surface area contributed by atoms with Crippen LogP contribution in [-0.4, -0.2) is 11.5 Å². The molecule has 3 aromatic rings. The fraction of sp³-hybridized carbons (Fsp3) is 0.375. The highest BCUT2D eigenvalue weighted by Crippen LogP contribution is 2.41. The lowest BCUT2D eigenvalue weighted by molar-refractivity contribution is 0.399. The molecule has 0 spiro atoms. The fourth-order valence-corrected chi connectivity index (χ4v) is 4.69. The highest BCUT2D eigenvalue weighted by molar-refractivity contribution is 6.36. The summed E-state index contributed by atoms with van der Waals surface area (Å²) in [5.74, 6) is 0. The van der Waals surface area contributed by atoms with Crippen molar-refractivity contribution in [3.05, 3.63) is 76.4 Å². The number of hydrogen-bond donors (Lipinski definition) is 1. The van der Waals surface area contributed by atoms with E-state index >= 15 is 0 Å². The largest absolute Gasteiger partial charge is 0.310 e. The zero-order chi connectivity index (χ0) is 18.9. The lowest BCUT2D eigenvalue weighted by Crippen LogP contribution is -2.32. The van der Waals surface area contributed by atoms with E-state index in [2.05, 4.69) is 61.6 Å². The molecule has 0 amide bonds. The van der Waals surface area contributed by atoms with Crippen LogP contribution in [0.25, 0.3) is 10.9 Å². The van der Waals surface area contributed by atoms with E-state index in [1.807, 2.05) is 12.1 Å². The van der Waals surface area contributed by atoms with E-state index in [-0.39, 0.29) is 11.5 Å². The first-order chi connectivity index (χ1) is 13.1. The number of para-hydroxylation sites is 1. The Hall–Kier alpha value is -1.90. The summed E-state index contributed by atoms with van der Waals surface area (Å²) in [6.07, 6.45) is 4.53. The summed E-state index contributed by atoms with van der Waals surface area (Å²) in [6.45, 7) is 5.63. The molecule has 0 bridgehead atoms. The van der Waals surface area contributed by atoms with Gasteiger partial charge in [-0.2, -0.15) is 0 Å². The maximum absolute atomic E-state index is 7.01. The molecular weight excluding hydrogens is 352 g/mol. The molecule has 0 aliphatic carbocycles. The molecule has 0 radical (unpaired) electrons. The number of rotatable bonds is 4. The first-order valence-corrected chi connectivity index (χ1v) is 10.3. The number of fused-ring (bicyclic) bond motifs is 1. The van der Waals surface area contributed by atoms with Gasteiger partial charge in [-0.25, -0.2) is 0 Å². The van der Waals surface area contributed by atoms with Gasteiger partial charge in [0.15, 0.2) is 0 Å². The SMILES string of the molecule is CC(C)(Cc1ccccc1)c1nc2ccccc2c(Cl)c1C1CCCCN1. The van der Waals surface area contributed by atoms with Crippen molar-refractivity contribution in [2.75, 3.05) is 6.54 Å². The van der Waals surface area contributed by atoms with Gasteiger partial charge in [-0.1, -0.05) is 80.4 Å². The van der Waals surface area contributed by atoms with E-state index in [0.717, 1.165) is 41.0 Å². The first-order valence-electron chi connectivity index (χ1n) is 9.92. The normalized spacial score (nSPS) is 18.0. The van der Waals surface area contributed by atoms with Crippen LogP contribution in [-0.2, 0) is 11.8 Å². The second kappa shape index (κ2) is 7.61. The molecule has 2 aromatic carbocycles. The highest BCUT2D eigenvalue weighted by Gasteiger charge is 2.32. The van der Waals surface area contributed by atoms with Crippen LogP contribution in [0.2, 0.25) is 5.02 Å². The van der Waals surface area contributed by atoms with Crippen molar-refractivity contribution in [1.29, 1.82) is 0 Å². The van der Waals surface area contributed by atoms with Crippen molar-refractivity contribution in [2.24, 2.45) is 0 Å². The third kappa shape index (κ3) is 3.74. The topological polar surface area (TPSA) is 24.9 Å². The Morgan fingerprint density at radius 3 is 2.52 bits per heavy atom. The van der Waals surface area contributed by atoms with Crippen molar-refractivity contribution in [3.8, 4) is 0 Å². The average Bonchev–Trinajstić information content (AvgIpc) is 2.69. The molecule has 27 heavy (non-hydrogen) atoms. The summed E-state index contributed by atoms with van der Waals surface area (Å²) in [6, 6.07) is 19.2. The van der Waals surface area contributed by atoms with Gasteiger partial charge in [0.1, 0.15) is 0 Å². The lowest BCUT2D eigenvalue weighted by atomic mass is 9.78. The molecule has 2 heterocycles. The van der Waals surface area contributed by atoms with Gasteiger partial charge in [0.2, 0.25) is 0 Å². The van der Waals surface area contributed by atoms with Gasteiger partial charge in [-0.05, 0) is 37.4 Å². The van der Waals surface area contributed by atoms with Crippen molar-refractivity contribution >= 4 is 22.5 Å². The number of aromatic nitrogens is 1. The molecule has 2 nitrogen and oxygen atoms in total. The minimum Gasteiger partial charge on any atom is -0.310 e. The van der Waals surface area contributed by atoms with Crippen LogP contribution in [0, 0.1) is 0 Å². The number of piperidine rings is 1. The second-order valence-electron chi connectivity index (χ2n) is 8.25. The van der Waals surface area contributed by atoms with Gasteiger partial charge in [0, 0.05) is 22.4 Å². The monoisotopic (exact) mass is 378 g/mol. The smallest absolute Gasteiger partial charge is 0.0720 e. The molecule has 140 valence electrons. The quantitative estimate of drug-likeness (QED) is 0.582. The zero-order valence-corrected chi connectivity index (χ0v) is 16.9. The van der Waals surface area contributed by atoms with E-state index < -0.39 is 0 Å². The van der Waals surface area contributed by atoms with Crippen molar-refractivity contribution in [2.45, 2.75) is 51.0 Å². The van der Waals surface area contributed by atoms with Gasteiger partial charge >= 0.3 is 0 Å². The van der Waals surface area contributed by atoms with Gasteiger partial charge in [0.05, 0.1) is 16.2 Å². The Morgan fingerprint density at radius 1 is 1.04 bits per heavy atom. The number of hydrogen-bond acceptors (Lipinski definition) is 2. The molecule has 3 heteroatoms. The molecule has 1 aliphatic heterocycles. The third-order valence-corrected chi connectivity index (χ3v) is 6.06. The Morgan fingerprint density at radius 2 is 1.78 bits per heavy atom. The van der Waals surface area contributed by atoms with Gasteiger partial charge < -0.3 is 5.32 Å². The number of nitrogens with zero attached hydrogens (tertiary/aromatic N) is 1. The highest BCUT2D eigenvalue weighted by atomic mass is 35.5. The number of halogens is 1. The molecule has 1 fully saturated rings. The fourth-order valence-electron chi connectivity index (χ4n) is 4.31. The first kappa shape index (κ1) is 18.5. The summed E-state index contributed by atoms with van der Waals surface area (Å²) >= 11 is 7.01. The molecule has 1 aliphatic rings. The van der Waals surface area contributed by atoms with Crippen LogP contribution in [0.3, 0.4) is 0 Å². The lowest BCUT2D eigenvalue weighted by Gasteiger charge is -2.33. The van der Waals surface area contributed by atoms with Crippen molar-refractivity contribution in [1.82, 2.24) is 10.3 Å². The second-order valence-corrected chi connectivity index (χ2v) is 8.63. The Kier molecular flexibility index (Phi) is 5.21. The van der Waals surface area contributed by atoms with Crippen LogP contribution in [0.1, 0.15) is 56.0 Å². The molecule has 0 saturated carbocycles. The average molecular weight is 379 g/mol. The van der Waals surface area contributed by atoms with E-state index in [1.54, 1.807) is 0 Å². The van der Waals surface area contributed by atoms with E-state index in [1.165, 1.54) is 24.0 Å². The van der Waals surface area contributed by atoms with E-state index in [0.29, 0.717) is 0 Å². The minimum absolute atomic E-state index is 0.108.